The predicted octanol–water partition coefficient (Wildman–Crippen LogP) is 2.67. The van der Waals surface area contributed by atoms with E-state index in [9.17, 15) is 5.11 Å². The van der Waals surface area contributed by atoms with Gasteiger partial charge in [-0.05, 0) is 52.4 Å². The van der Waals surface area contributed by atoms with E-state index in [1.54, 1.807) is 4.68 Å². The highest BCUT2D eigenvalue weighted by Gasteiger charge is 2.21. The molecule has 6 heteroatoms. The van der Waals surface area contributed by atoms with Crippen molar-refractivity contribution in [1.29, 1.82) is 0 Å². The number of tetrazole rings is 1. The summed E-state index contributed by atoms with van der Waals surface area (Å²) < 4.78 is 7.75. The maximum absolute atomic E-state index is 10.2. The van der Waals surface area contributed by atoms with Crippen molar-refractivity contribution < 1.29 is 9.84 Å². The molecule has 1 heterocycles. The first-order valence-corrected chi connectivity index (χ1v) is 8.53. The molecule has 1 aliphatic rings. The number of aliphatic hydroxyl groups is 1. The van der Waals surface area contributed by atoms with Crippen molar-refractivity contribution >= 4 is 0 Å². The van der Waals surface area contributed by atoms with Gasteiger partial charge in [0.25, 0.3) is 0 Å². The lowest BCUT2D eigenvalue weighted by Crippen LogP contribution is -2.13. The standard InChI is InChI=1S/C19H20N4O2/c24-17-10-4-9-16-15(17)8-5-11-18(16)25-13-19-20-21-22-23(19)12-14-6-2-1-3-7-14/h1-3,5-8,11,17,24H,4,9-10,12-13H2/t17-/m1/s1. The number of hydrogen-bond donors (Lipinski definition) is 1. The van der Waals surface area contributed by atoms with E-state index < -0.39 is 6.10 Å². The molecule has 4 rings (SSSR count). The molecule has 0 bridgehead atoms. The zero-order valence-electron chi connectivity index (χ0n) is 13.9. The molecule has 1 aliphatic carbocycles. The maximum atomic E-state index is 10.2. The smallest absolute Gasteiger partial charge is 0.189 e. The highest BCUT2D eigenvalue weighted by molar-refractivity contribution is 5.42. The van der Waals surface area contributed by atoms with E-state index in [1.807, 2.05) is 48.5 Å². The lowest BCUT2D eigenvalue weighted by Gasteiger charge is -2.23. The minimum atomic E-state index is -0.393. The molecule has 0 saturated heterocycles. The van der Waals surface area contributed by atoms with Crippen LogP contribution in [0.3, 0.4) is 0 Å². The molecule has 0 radical (unpaired) electrons. The third kappa shape index (κ3) is 3.39. The van der Waals surface area contributed by atoms with Crippen LogP contribution in [0.25, 0.3) is 0 Å². The third-order valence-corrected chi connectivity index (χ3v) is 4.57. The molecule has 0 saturated carbocycles. The molecular formula is C19H20N4O2. The summed E-state index contributed by atoms with van der Waals surface area (Å²) in [6, 6.07) is 15.9. The topological polar surface area (TPSA) is 73.1 Å². The van der Waals surface area contributed by atoms with Crippen molar-refractivity contribution in [2.24, 2.45) is 0 Å². The van der Waals surface area contributed by atoms with Crippen LogP contribution in [0, 0.1) is 0 Å². The Labute approximate surface area is 146 Å². The second-order valence-corrected chi connectivity index (χ2v) is 6.26. The van der Waals surface area contributed by atoms with Crippen LogP contribution >= 0.6 is 0 Å². The SMILES string of the molecule is O[C@@H]1CCCc2c(OCc3nnnn3Cc3ccccc3)cccc21. The van der Waals surface area contributed by atoms with Gasteiger partial charge in [-0.15, -0.1) is 5.10 Å². The molecular weight excluding hydrogens is 316 g/mol. The van der Waals surface area contributed by atoms with Gasteiger partial charge >= 0.3 is 0 Å². The molecule has 6 nitrogen and oxygen atoms in total. The van der Waals surface area contributed by atoms with Crippen LogP contribution < -0.4 is 4.74 Å². The molecule has 1 N–H and O–H groups in total. The summed E-state index contributed by atoms with van der Waals surface area (Å²) in [7, 11) is 0. The van der Waals surface area contributed by atoms with Gasteiger partial charge in [0.15, 0.2) is 5.82 Å². The second kappa shape index (κ2) is 7.03. The Hall–Kier alpha value is -2.73. The molecule has 0 unspecified atom stereocenters. The highest BCUT2D eigenvalue weighted by atomic mass is 16.5. The van der Waals surface area contributed by atoms with E-state index in [2.05, 4.69) is 15.5 Å². The van der Waals surface area contributed by atoms with Gasteiger partial charge in [0, 0.05) is 0 Å². The van der Waals surface area contributed by atoms with E-state index >= 15 is 0 Å². The number of ether oxygens (including phenoxy) is 1. The average molecular weight is 336 g/mol. The van der Waals surface area contributed by atoms with Gasteiger partial charge in [0.2, 0.25) is 0 Å². The van der Waals surface area contributed by atoms with Crippen LogP contribution in [-0.2, 0) is 19.6 Å². The molecule has 0 aliphatic heterocycles. The Bertz CT molecular complexity index is 848. The van der Waals surface area contributed by atoms with E-state index in [4.69, 9.17) is 4.74 Å². The zero-order chi connectivity index (χ0) is 17.1. The number of nitrogens with zero attached hydrogens (tertiary/aromatic N) is 4. The zero-order valence-corrected chi connectivity index (χ0v) is 13.9. The van der Waals surface area contributed by atoms with Crippen molar-refractivity contribution in [2.45, 2.75) is 38.5 Å². The summed E-state index contributed by atoms with van der Waals surface area (Å²) >= 11 is 0. The van der Waals surface area contributed by atoms with Crippen LogP contribution in [0.5, 0.6) is 5.75 Å². The molecule has 128 valence electrons. The van der Waals surface area contributed by atoms with Crippen molar-refractivity contribution in [3.8, 4) is 5.75 Å². The lowest BCUT2D eigenvalue weighted by atomic mass is 9.89. The van der Waals surface area contributed by atoms with Crippen LogP contribution in [0.4, 0.5) is 0 Å². The third-order valence-electron chi connectivity index (χ3n) is 4.57. The number of aromatic nitrogens is 4. The van der Waals surface area contributed by atoms with Crippen LogP contribution in [0.2, 0.25) is 0 Å². The highest BCUT2D eigenvalue weighted by Crippen LogP contribution is 2.35. The maximum Gasteiger partial charge on any atom is 0.189 e. The molecule has 1 aromatic heterocycles. The quantitative estimate of drug-likeness (QED) is 0.775. The minimum absolute atomic E-state index is 0.298. The van der Waals surface area contributed by atoms with Crippen molar-refractivity contribution in [3.63, 3.8) is 0 Å². The summed E-state index contributed by atoms with van der Waals surface area (Å²) in [6.07, 6.45) is 2.32. The Balaban J connectivity index is 1.50. The van der Waals surface area contributed by atoms with Gasteiger partial charge in [-0.1, -0.05) is 42.5 Å². The normalized spacial score (nSPS) is 16.4. The van der Waals surface area contributed by atoms with Crippen LogP contribution in [-0.4, -0.2) is 25.3 Å². The summed E-state index contributed by atoms with van der Waals surface area (Å²) in [6.45, 7) is 0.907. The molecule has 1 atom stereocenters. The first-order chi connectivity index (χ1) is 12.3. The fourth-order valence-electron chi connectivity index (χ4n) is 3.27. The fourth-order valence-corrected chi connectivity index (χ4v) is 3.27. The summed E-state index contributed by atoms with van der Waals surface area (Å²) in [5.41, 5.74) is 3.22. The van der Waals surface area contributed by atoms with Gasteiger partial charge in [-0.25, -0.2) is 4.68 Å². The molecule has 0 spiro atoms. The number of aliphatic hydroxyl groups excluding tert-OH is 1. The van der Waals surface area contributed by atoms with Gasteiger partial charge in [-0.3, -0.25) is 0 Å². The fraction of sp³-hybridized carbons (Fsp3) is 0.316. The second-order valence-electron chi connectivity index (χ2n) is 6.26. The average Bonchev–Trinajstić information content (AvgIpc) is 3.08. The first kappa shape index (κ1) is 15.8. The molecule has 0 amide bonds. The predicted molar refractivity (Wildman–Crippen MR) is 92.0 cm³/mol. The van der Waals surface area contributed by atoms with E-state index in [0.717, 1.165) is 41.7 Å². The van der Waals surface area contributed by atoms with Gasteiger partial charge in [-0.2, -0.15) is 0 Å². The summed E-state index contributed by atoms with van der Waals surface area (Å²) in [5, 5.41) is 22.1. The van der Waals surface area contributed by atoms with Crippen molar-refractivity contribution in [2.75, 3.05) is 0 Å². The van der Waals surface area contributed by atoms with Gasteiger partial charge < -0.3 is 9.84 Å². The number of rotatable bonds is 5. The number of hydrogen-bond acceptors (Lipinski definition) is 5. The minimum Gasteiger partial charge on any atom is -0.485 e. The largest absolute Gasteiger partial charge is 0.485 e. The van der Waals surface area contributed by atoms with E-state index in [1.165, 1.54) is 0 Å². The monoisotopic (exact) mass is 336 g/mol. The Morgan fingerprint density at radius 2 is 2.00 bits per heavy atom. The van der Waals surface area contributed by atoms with Crippen LogP contribution in [0.15, 0.2) is 48.5 Å². The molecule has 3 aromatic rings. The molecule has 25 heavy (non-hydrogen) atoms. The van der Waals surface area contributed by atoms with Crippen molar-refractivity contribution in [3.05, 3.63) is 71.0 Å². The van der Waals surface area contributed by atoms with Gasteiger partial charge in [0.1, 0.15) is 12.4 Å². The van der Waals surface area contributed by atoms with Crippen LogP contribution in [0.1, 0.15) is 41.5 Å². The van der Waals surface area contributed by atoms with Crippen molar-refractivity contribution in [1.82, 2.24) is 20.2 Å². The number of benzene rings is 2. The number of fused-ring (bicyclic) bond motifs is 1. The Kier molecular flexibility index (Phi) is 4.43. The molecule has 2 aromatic carbocycles. The summed E-state index contributed by atoms with van der Waals surface area (Å²) in [5.74, 6) is 1.49. The van der Waals surface area contributed by atoms with Gasteiger partial charge in [0.05, 0.1) is 12.6 Å². The Morgan fingerprint density at radius 1 is 1.12 bits per heavy atom. The summed E-state index contributed by atoms with van der Waals surface area (Å²) in [4.78, 5) is 0. The Morgan fingerprint density at radius 3 is 2.88 bits per heavy atom. The van der Waals surface area contributed by atoms with E-state index in [0.29, 0.717) is 19.0 Å². The lowest BCUT2D eigenvalue weighted by molar-refractivity contribution is 0.155. The van der Waals surface area contributed by atoms with E-state index in [-0.39, 0.29) is 0 Å². The first-order valence-electron chi connectivity index (χ1n) is 8.53. The molecule has 0 fully saturated rings.